The van der Waals surface area contributed by atoms with Gasteiger partial charge in [-0.1, -0.05) is 24.3 Å². The lowest BCUT2D eigenvalue weighted by molar-refractivity contribution is -0.137. The van der Waals surface area contributed by atoms with E-state index in [1.54, 1.807) is 18.2 Å². The van der Waals surface area contributed by atoms with E-state index >= 15 is 0 Å². The van der Waals surface area contributed by atoms with Crippen molar-refractivity contribution in [1.82, 2.24) is 4.57 Å². The second-order valence-corrected chi connectivity index (χ2v) is 6.67. The van der Waals surface area contributed by atoms with Gasteiger partial charge in [0.15, 0.2) is 5.78 Å². The van der Waals surface area contributed by atoms with Gasteiger partial charge in [0.25, 0.3) is 11.5 Å². The van der Waals surface area contributed by atoms with Crippen LogP contribution in [0.3, 0.4) is 0 Å². The molecule has 30 heavy (non-hydrogen) atoms. The molecule has 0 bridgehead atoms. The molecule has 0 saturated heterocycles. The SMILES string of the molecule is CC(=O)c1cccc(NC(=O)c2ccc(=O)n(Cc3cccc(C(F)(F)F)c3)c2)c1. The number of amides is 1. The molecule has 3 rings (SSSR count). The van der Waals surface area contributed by atoms with Gasteiger partial charge in [0.2, 0.25) is 0 Å². The van der Waals surface area contributed by atoms with E-state index in [1.165, 1.54) is 43.5 Å². The van der Waals surface area contributed by atoms with E-state index in [1.807, 2.05) is 0 Å². The molecule has 0 fully saturated rings. The molecule has 0 unspecified atom stereocenters. The van der Waals surface area contributed by atoms with E-state index in [-0.39, 0.29) is 23.5 Å². The molecule has 1 N–H and O–H groups in total. The summed E-state index contributed by atoms with van der Waals surface area (Å²) in [5.74, 6) is -0.672. The Kier molecular flexibility index (Phi) is 5.86. The quantitative estimate of drug-likeness (QED) is 0.631. The Labute approximate surface area is 169 Å². The lowest BCUT2D eigenvalue weighted by Gasteiger charge is -2.11. The van der Waals surface area contributed by atoms with Crippen LogP contribution in [0.5, 0.6) is 0 Å². The number of aromatic nitrogens is 1. The summed E-state index contributed by atoms with van der Waals surface area (Å²) in [7, 11) is 0. The lowest BCUT2D eigenvalue weighted by Crippen LogP contribution is -2.22. The highest BCUT2D eigenvalue weighted by Gasteiger charge is 2.30. The van der Waals surface area contributed by atoms with E-state index in [9.17, 15) is 27.6 Å². The molecule has 0 atom stereocenters. The van der Waals surface area contributed by atoms with Gasteiger partial charge in [-0.05, 0) is 42.8 Å². The Balaban J connectivity index is 1.83. The molecule has 1 aromatic heterocycles. The first kappa shape index (κ1) is 21.0. The number of anilines is 1. The van der Waals surface area contributed by atoms with Gasteiger partial charge >= 0.3 is 6.18 Å². The molecule has 0 radical (unpaired) electrons. The van der Waals surface area contributed by atoms with Crippen molar-refractivity contribution in [1.29, 1.82) is 0 Å². The molecule has 5 nitrogen and oxygen atoms in total. The van der Waals surface area contributed by atoms with E-state index in [2.05, 4.69) is 5.32 Å². The van der Waals surface area contributed by atoms with Crippen LogP contribution in [0.4, 0.5) is 18.9 Å². The molecule has 3 aromatic rings. The Morgan fingerprint density at radius 3 is 2.40 bits per heavy atom. The number of hydrogen-bond acceptors (Lipinski definition) is 3. The lowest BCUT2D eigenvalue weighted by atomic mass is 10.1. The zero-order valence-electron chi connectivity index (χ0n) is 15.9. The summed E-state index contributed by atoms with van der Waals surface area (Å²) in [5.41, 5.74) is -0.00562. The molecular formula is C22H17F3N2O3. The van der Waals surface area contributed by atoms with Crippen molar-refractivity contribution in [3.05, 3.63) is 99.5 Å². The highest BCUT2D eigenvalue weighted by molar-refractivity contribution is 6.04. The molecule has 1 amide bonds. The summed E-state index contributed by atoms with van der Waals surface area (Å²) in [6.07, 6.45) is -3.20. The van der Waals surface area contributed by atoms with Crippen molar-refractivity contribution >= 4 is 17.4 Å². The molecule has 2 aromatic carbocycles. The Hall–Kier alpha value is -3.68. The first-order chi connectivity index (χ1) is 14.1. The largest absolute Gasteiger partial charge is 0.416 e. The van der Waals surface area contributed by atoms with Gasteiger partial charge in [-0.2, -0.15) is 13.2 Å². The Morgan fingerprint density at radius 1 is 0.967 bits per heavy atom. The van der Waals surface area contributed by atoms with Crippen LogP contribution in [0.1, 0.15) is 38.8 Å². The van der Waals surface area contributed by atoms with Gasteiger partial charge in [0.05, 0.1) is 17.7 Å². The van der Waals surface area contributed by atoms with Gasteiger partial charge < -0.3 is 9.88 Å². The summed E-state index contributed by atoms with van der Waals surface area (Å²) in [6, 6.07) is 13.5. The van der Waals surface area contributed by atoms with Gasteiger partial charge in [-0.25, -0.2) is 0 Å². The number of Topliss-reactive ketones (excluding diaryl/α,β-unsaturated/α-hetero) is 1. The maximum atomic E-state index is 12.9. The number of alkyl halides is 3. The topological polar surface area (TPSA) is 68.2 Å². The van der Waals surface area contributed by atoms with Crippen LogP contribution in [-0.2, 0) is 12.7 Å². The number of nitrogens with zero attached hydrogens (tertiary/aromatic N) is 1. The van der Waals surface area contributed by atoms with Crippen LogP contribution >= 0.6 is 0 Å². The number of carbonyl (C=O) groups excluding carboxylic acids is 2. The number of benzene rings is 2. The predicted molar refractivity (Wildman–Crippen MR) is 106 cm³/mol. The van der Waals surface area contributed by atoms with Crippen molar-refractivity contribution in [2.45, 2.75) is 19.6 Å². The number of pyridine rings is 1. The van der Waals surface area contributed by atoms with Gasteiger partial charge in [0.1, 0.15) is 0 Å². The second kappa shape index (κ2) is 8.36. The van der Waals surface area contributed by atoms with E-state index in [0.29, 0.717) is 11.3 Å². The number of ketones is 1. The maximum absolute atomic E-state index is 12.9. The van der Waals surface area contributed by atoms with Crippen LogP contribution in [0.15, 0.2) is 71.7 Å². The van der Waals surface area contributed by atoms with Crippen LogP contribution in [0, 0.1) is 0 Å². The van der Waals surface area contributed by atoms with Crippen molar-refractivity contribution in [3.63, 3.8) is 0 Å². The monoisotopic (exact) mass is 414 g/mol. The van der Waals surface area contributed by atoms with Crippen molar-refractivity contribution in [2.24, 2.45) is 0 Å². The van der Waals surface area contributed by atoms with Gasteiger partial charge in [-0.3, -0.25) is 14.4 Å². The number of hydrogen-bond donors (Lipinski definition) is 1. The summed E-state index contributed by atoms with van der Waals surface area (Å²) in [5, 5.41) is 2.64. The number of rotatable bonds is 5. The van der Waals surface area contributed by atoms with Gasteiger partial charge in [0, 0.05) is 23.5 Å². The Bertz CT molecular complexity index is 1170. The smallest absolute Gasteiger partial charge is 0.322 e. The molecule has 8 heteroatoms. The normalized spacial score (nSPS) is 11.2. The minimum atomic E-state index is -4.49. The van der Waals surface area contributed by atoms with Crippen molar-refractivity contribution in [2.75, 3.05) is 5.32 Å². The van der Waals surface area contributed by atoms with E-state index in [4.69, 9.17) is 0 Å². The van der Waals surface area contributed by atoms with Crippen LogP contribution in [0.25, 0.3) is 0 Å². The van der Waals surface area contributed by atoms with Crippen molar-refractivity contribution < 1.29 is 22.8 Å². The molecule has 0 aliphatic heterocycles. The molecule has 0 aliphatic rings. The third-order valence-electron chi connectivity index (χ3n) is 4.38. The first-order valence-electron chi connectivity index (χ1n) is 8.92. The summed E-state index contributed by atoms with van der Waals surface area (Å²) in [6.45, 7) is 1.29. The Morgan fingerprint density at radius 2 is 1.70 bits per heavy atom. The molecule has 1 heterocycles. The van der Waals surface area contributed by atoms with Crippen LogP contribution < -0.4 is 10.9 Å². The average molecular weight is 414 g/mol. The maximum Gasteiger partial charge on any atom is 0.416 e. The predicted octanol–water partition coefficient (Wildman–Crippen LogP) is 4.37. The fourth-order valence-corrected chi connectivity index (χ4v) is 2.85. The molecule has 154 valence electrons. The van der Waals surface area contributed by atoms with Crippen molar-refractivity contribution in [3.8, 4) is 0 Å². The minimum Gasteiger partial charge on any atom is -0.322 e. The van der Waals surface area contributed by atoms with Crippen LogP contribution in [0.2, 0.25) is 0 Å². The highest BCUT2D eigenvalue weighted by atomic mass is 19.4. The average Bonchev–Trinajstić information content (AvgIpc) is 2.69. The minimum absolute atomic E-state index is 0.121. The first-order valence-corrected chi connectivity index (χ1v) is 8.92. The molecular weight excluding hydrogens is 397 g/mol. The number of halogens is 3. The summed E-state index contributed by atoms with van der Waals surface area (Å²) in [4.78, 5) is 36.1. The number of nitrogens with one attached hydrogen (secondary N) is 1. The van der Waals surface area contributed by atoms with Gasteiger partial charge in [-0.15, -0.1) is 0 Å². The third kappa shape index (κ3) is 5.02. The molecule has 0 saturated carbocycles. The van der Waals surface area contributed by atoms with Crippen LogP contribution in [-0.4, -0.2) is 16.3 Å². The molecule has 0 spiro atoms. The third-order valence-corrected chi connectivity index (χ3v) is 4.38. The number of carbonyl (C=O) groups is 2. The zero-order valence-corrected chi connectivity index (χ0v) is 15.9. The zero-order chi connectivity index (χ0) is 21.9. The van der Waals surface area contributed by atoms with E-state index in [0.717, 1.165) is 16.7 Å². The molecule has 0 aliphatic carbocycles. The second-order valence-electron chi connectivity index (χ2n) is 6.67. The standard InChI is InChI=1S/C22H17F3N2O3/c1-14(28)16-5-3-7-19(11-16)26-21(30)17-8-9-20(29)27(13-17)12-15-4-2-6-18(10-15)22(23,24)25/h2-11,13H,12H2,1H3,(H,26,30). The fourth-order valence-electron chi connectivity index (χ4n) is 2.85. The fraction of sp³-hybridized carbons (Fsp3) is 0.136. The summed E-state index contributed by atoms with van der Waals surface area (Å²) >= 11 is 0. The summed E-state index contributed by atoms with van der Waals surface area (Å²) < 4.78 is 39.9. The van der Waals surface area contributed by atoms with E-state index < -0.39 is 23.2 Å². The highest BCUT2D eigenvalue weighted by Crippen LogP contribution is 2.29.